The van der Waals surface area contributed by atoms with Crippen molar-refractivity contribution in [1.29, 1.82) is 0 Å². The maximum absolute atomic E-state index is 5.70. The number of aromatic nitrogens is 2. The van der Waals surface area contributed by atoms with Crippen molar-refractivity contribution in [1.82, 2.24) is 14.9 Å². The molecular formula is C13H23N3O. The molecule has 1 aromatic heterocycles. The van der Waals surface area contributed by atoms with Crippen molar-refractivity contribution in [3.63, 3.8) is 0 Å². The molecule has 0 radical (unpaired) electrons. The number of rotatable bonds is 6. The second-order valence-corrected chi connectivity index (χ2v) is 4.58. The van der Waals surface area contributed by atoms with Crippen LogP contribution in [0.2, 0.25) is 0 Å². The van der Waals surface area contributed by atoms with Crippen molar-refractivity contribution < 1.29 is 4.74 Å². The summed E-state index contributed by atoms with van der Waals surface area (Å²) in [6.45, 7) is 5.95. The number of aryl methyl sites for hydroxylation is 1. The highest BCUT2D eigenvalue weighted by Crippen LogP contribution is 2.14. The van der Waals surface area contributed by atoms with Gasteiger partial charge in [-0.1, -0.05) is 0 Å². The standard InChI is InChI=1S/C13H23N3O/c1-2-16-9-8-15-13(16)11-14-7-6-12-5-3-4-10-17-12/h8-9,12,14H,2-7,10-11H2,1H3. The van der Waals surface area contributed by atoms with Gasteiger partial charge in [-0.2, -0.15) is 0 Å². The molecule has 4 heteroatoms. The highest BCUT2D eigenvalue weighted by atomic mass is 16.5. The van der Waals surface area contributed by atoms with Crippen LogP contribution in [-0.2, 0) is 17.8 Å². The van der Waals surface area contributed by atoms with Crippen LogP contribution in [0.5, 0.6) is 0 Å². The molecule has 2 rings (SSSR count). The lowest BCUT2D eigenvalue weighted by molar-refractivity contribution is 0.0115. The van der Waals surface area contributed by atoms with Crippen molar-refractivity contribution in [3.8, 4) is 0 Å². The van der Waals surface area contributed by atoms with Gasteiger partial charge in [0.1, 0.15) is 5.82 Å². The first-order valence-corrected chi connectivity index (χ1v) is 6.72. The molecule has 0 spiro atoms. The fourth-order valence-corrected chi connectivity index (χ4v) is 2.29. The van der Waals surface area contributed by atoms with Crippen LogP contribution in [0, 0.1) is 0 Å². The van der Waals surface area contributed by atoms with E-state index in [1.54, 1.807) is 0 Å². The second kappa shape index (κ2) is 6.77. The fraction of sp³-hybridized carbons (Fsp3) is 0.769. The predicted molar refractivity (Wildman–Crippen MR) is 67.8 cm³/mol. The largest absolute Gasteiger partial charge is 0.378 e. The SMILES string of the molecule is CCn1ccnc1CNCCC1CCCCO1. The molecule has 0 bridgehead atoms. The minimum Gasteiger partial charge on any atom is -0.378 e. The number of hydrogen-bond acceptors (Lipinski definition) is 3. The first-order chi connectivity index (χ1) is 8.40. The molecule has 4 nitrogen and oxygen atoms in total. The van der Waals surface area contributed by atoms with Gasteiger partial charge in [0.25, 0.3) is 0 Å². The van der Waals surface area contributed by atoms with E-state index in [0.29, 0.717) is 6.10 Å². The van der Waals surface area contributed by atoms with E-state index >= 15 is 0 Å². The zero-order valence-corrected chi connectivity index (χ0v) is 10.7. The van der Waals surface area contributed by atoms with Gasteiger partial charge < -0.3 is 14.6 Å². The summed E-state index contributed by atoms with van der Waals surface area (Å²) in [5.41, 5.74) is 0. The fourth-order valence-electron chi connectivity index (χ4n) is 2.29. The lowest BCUT2D eigenvalue weighted by Crippen LogP contribution is -2.25. The molecule has 0 amide bonds. The van der Waals surface area contributed by atoms with Gasteiger partial charge in [-0.25, -0.2) is 4.98 Å². The van der Waals surface area contributed by atoms with Crippen molar-refractivity contribution in [2.45, 2.75) is 51.8 Å². The van der Waals surface area contributed by atoms with Gasteiger partial charge >= 0.3 is 0 Å². The third-order valence-electron chi connectivity index (χ3n) is 3.34. The third-order valence-corrected chi connectivity index (χ3v) is 3.34. The summed E-state index contributed by atoms with van der Waals surface area (Å²) in [6, 6.07) is 0. The zero-order valence-electron chi connectivity index (χ0n) is 10.7. The lowest BCUT2D eigenvalue weighted by atomic mass is 10.1. The average Bonchev–Trinajstić information content (AvgIpc) is 2.83. The molecule has 17 heavy (non-hydrogen) atoms. The Hall–Kier alpha value is -0.870. The van der Waals surface area contributed by atoms with Crippen LogP contribution in [0.3, 0.4) is 0 Å². The Morgan fingerprint density at radius 2 is 2.47 bits per heavy atom. The lowest BCUT2D eigenvalue weighted by Gasteiger charge is -2.22. The number of nitrogens with zero attached hydrogens (tertiary/aromatic N) is 2. The summed E-state index contributed by atoms with van der Waals surface area (Å²) in [5, 5.41) is 3.45. The Labute approximate surface area is 103 Å². The number of hydrogen-bond donors (Lipinski definition) is 1. The predicted octanol–water partition coefficient (Wildman–Crippen LogP) is 1.95. The Morgan fingerprint density at radius 3 is 3.24 bits per heavy atom. The minimum atomic E-state index is 0.474. The summed E-state index contributed by atoms with van der Waals surface area (Å²) in [5.74, 6) is 1.12. The average molecular weight is 237 g/mol. The maximum atomic E-state index is 5.70. The van der Waals surface area contributed by atoms with E-state index in [2.05, 4.69) is 21.8 Å². The molecule has 0 aromatic carbocycles. The van der Waals surface area contributed by atoms with E-state index < -0.39 is 0 Å². The van der Waals surface area contributed by atoms with Crippen molar-refractivity contribution in [2.75, 3.05) is 13.2 Å². The zero-order chi connectivity index (χ0) is 11.9. The van der Waals surface area contributed by atoms with Gasteiger partial charge in [-0.15, -0.1) is 0 Å². The molecule has 1 aliphatic heterocycles. The highest BCUT2D eigenvalue weighted by Gasteiger charge is 2.12. The quantitative estimate of drug-likeness (QED) is 0.769. The monoisotopic (exact) mass is 237 g/mol. The summed E-state index contributed by atoms with van der Waals surface area (Å²) in [4.78, 5) is 4.34. The van der Waals surface area contributed by atoms with Crippen LogP contribution >= 0.6 is 0 Å². The van der Waals surface area contributed by atoms with Crippen LogP contribution in [0.4, 0.5) is 0 Å². The number of imidazole rings is 1. The second-order valence-electron chi connectivity index (χ2n) is 4.58. The van der Waals surface area contributed by atoms with Crippen LogP contribution in [0.25, 0.3) is 0 Å². The minimum absolute atomic E-state index is 0.474. The molecular weight excluding hydrogens is 214 g/mol. The molecule has 1 fully saturated rings. The maximum Gasteiger partial charge on any atom is 0.122 e. The Balaban J connectivity index is 1.62. The molecule has 1 unspecified atom stereocenters. The van der Waals surface area contributed by atoms with Crippen LogP contribution in [0.15, 0.2) is 12.4 Å². The molecule has 1 saturated heterocycles. The van der Waals surface area contributed by atoms with Gasteiger partial charge in [-0.05, 0) is 39.2 Å². The molecule has 0 saturated carbocycles. The van der Waals surface area contributed by atoms with E-state index in [4.69, 9.17) is 4.74 Å². The van der Waals surface area contributed by atoms with E-state index in [-0.39, 0.29) is 0 Å². The van der Waals surface area contributed by atoms with E-state index in [1.807, 2.05) is 12.4 Å². The van der Waals surface area contributed by atoms with Crippen molar-refractivity contribution >= 4 is 0 Å². The van der Waals surface area contributed by atoms with E-state index in [9.17, 15) is 0 Å². The summed E-state index contributed by atoms with van der Waals surface area (Å²) >= 11 is 0. The number of nitrogens with one attached hydrogen (secondary N) is 1. The molecule has 96 valence electrons. The van der Waals surface area contributed by atoms with Gasteiger partial charge in [0.05, 0.1) is 12.6 Å². The van der Waals surface area contributed by atoms with E-state index in [1.165, 1.54) is 19.3 Å². The number of ether oxygens (including phenoxy) is 1. The molecule has 1 N–H and O–H groups in total. The first-order valence-electron chi connectivity index (χ1n) is 6.72. The van der Waals surface area contributed by atoms with Gasteiger partial charge in [-0.3, -0.25) is 0 Å². The summed E-state index contributed by atoms with van der Waals surface area (Å²) in [7, 11) is 0. The molecule has 1 aliphatic rings. The molecule has 0 aliphatic carbocycles. The Kier molecular flexibility index (Phi) is 5.01. The Bertz CT molecular complexity index is 318. The van der Waals surface area contributed by atoms with Crippen LogP contribution < -0.4 is 5.32 Å². The van der Waals surface area contributed by atoms with Crippen molar-refractivity contribution in [3.05, 3.63) is 18.2 Å². The van der Waals surface area contributed by atoms with Gasteiger partial charge in [0.15, 0.2) is 0 Å². The van der Waals surface area contributed by atoms with Gasteiger partial charge in [0.2, 0.25) is 0 Å². The Morgan fingerprint density at radius 1 is 1.53 bits per heavy atom. The molecule has 1 atom stereocenters. The molecule has 2 heterocycles. The van der Waals surface area contributed by atoms with E-state index in [0.717, 1.165) is 38.5 Å². The highest BCUT2D eigenvalue weighted by molar-refractivity contribution is 4.91. The normalized spacial score (nSPS) is 20.6. The topological polar surface area (TPSA) is 39.1 Å². The smallest absolute Gasteiger partial charge is 0.122 e. The third kappa shape index (κ3) is 3.82. The van der Waals surface area contributed by atoms with Crippen LogP contribution in [-0.4, -0.2) is 28.8 Å². The van der Waals surface area contributed by atoms with Crippen LogP contribution in [0.1, 0.15) is 38.4 Å². The first kappa shape index (κ1) is 12.6. The molecule has 1 aromatic rings. The summed E-state index contributed by atoms with van der Waals surface area (Å²) < 4.78 is 7.87. The van der Waals surface area contributed by atoms with Crippen molar-refractivity contribution in [2.24, 2.45) is 0 Å². The summed E-state index contributed by atoms with van der Waals surface area (Å²) in [6.07, 6.45) is 9.27. The van der Waals surface area contributed by atoms with Gasteiger partial charge in [0, 0.05) is 25.5 Å².